The molecule has 2 nitrogen and oxygen atoms in total. The third kappa shape index (κ3) is 1.95. The number of rotatable bonds is 1. The Balaban J connectivity index is 2.27. The summed E-state index contributed by atoms with van der Waals surface area (Å²) in [6.07, 6.45) is 1.59. The lowest BCUT2D eigenvalue weighted by Gasteiger charge is -2.07. The summed E-state index contributed by atoms with van der Waals surface area (Å²) >= 11 is 8.19. The van der Waals surface area contributed by atoms with E-state index in [4.69, 9.17) is 17.0 Å². The van der Waals surface area contributed by atoms with E-state index in [1.54, 1.807) is 6.21 Å². The zero-order valence-electron chi connectivity index (χ0n) is 6.61. The van der Waals surface area contributed by atoms with Crippen molar-refractivity contribution in [2.75, 3.05) is 0 Å². The van der Waals surface area contributed by atoms with Crippen molar-refractivity contribution < 1.29 is 4.74 Å². The van der Waals surface area contributed by atoms with Gasteiger partial charge in [0.15, 0.2) is 6.10 Å². The van der Waals surface area contributed by atoms with Gasteiger partial charge < -0.3 is 4.74 Å². The first-order valence-electron chi connectivity index (χ1n) is 3.76. The Labute approximate surface area is 89.8 Å². The molecule has 0 N–H and O–H groups in total. The van der Waals surface area contributed by atoms with Gasteiger partial charge in [-0.3, -0.25) is 0 Å². The number of nitrogens with zero attached hydrogens (tertiary/aromatic N) is 1. The normalized spacial score (nSPS) is 20.4. The minimum absolute atomic E-state index is 0.120. The maximum atomic E-state index is 5.29. The molecule has 0 fully saturated rings. The van der Waals surface area contributed by atoms with Crippen molar-refractivity contribution in [3.8, 4) is 0 Å². The van der Waals surface area contributed by atoms with E-state index in [9.17, 15) is 0 Å². The maximum absolute atomic E-state index is 5.29. The molecule has 1 unspecified atom stereocenters. The van der Waals surface area contributed by atoms with Crippen molar-refractivity contribution in [3.05, 3.63) is 34.3 Å². The summed E-state index contributed by atoms with van der Waals surface area (Å²) in [5.74, 6) is 0. The number of thiocarbonyl (C=S) groups is 1. The predicted octanol–water partition coefficient (Wildman–Crippen LogP) is 2.88. The lowest BCUT2D eigenvalue weighted by atomic mass is 10.1. The topological polar surface area (TPSA) is 21.6 Å². The van der Waals surface area contributed by atoms with Crippen molar-refractivity contribution in [2.24, 2.45) is 4.99 Å². The minimum Gasteiger partial charge on any atom is -0.455 e. The molecule has 1 heterocycles. The van der Waals surface area contributed by atoms with E-state index in [0.29, 0.717) is 5.17 Å². The Hall–Kier alpha value is -0.740. The quantitative estimate of drug-likeness (QED) is 0.720. The van der Waals surface area contributed by atoms with Crippen LogP contribution in [0, 0.1) is 0 Å². The maximum Gasteiger partial charge on any atom is 0.284 e. The van der Waals surface area contributed by atoms with Gasteiger partial charge in [-0.25, -0.2) is 4.99 Å². The number of aliphatic imine (C=N–C) groups is 1. The van der Waals surface area contributed by atoms with Crippen molar-refractivity contribution in [1.82, 2.24) is 0 Å². The van der Waals surface area contributed by atoms with E-state index in [2.05, 4.69) is 20.9 Å². The van der Waals surface area contributed by atoms with Crippen LogP contribution in [0.3, 0.4) is 0 Å². The third-order valence-corrected chi connectivity index (χ3v) is 2.42. The number of hydrogen-bond donors (Lipinski definition) is 0. The largest absolute Gasteiger partial charge is 0.455 e. The number of halogens is 1. The van der Waals surface area contributed by atoms with E-state index in [1.165, 1.54) is 0 Å². The molecule has 66 valence electrons. The first kappa shape index (κ1) is 8.84. The van der Waals surface area contributed by atoms with E-state index in [1.807, 2.05) is 24.3 Å². The van der Waals surface area contributed by atoms with Gasteiger partial charge in [0.05, 0.1) is 6.21 Å². The van der Waals surface area contributed by atoms with E-state index >= 15 is 0 Å². The highest BCUT2D eigenvalue weighted by molar-refractivity contribution is 9.10. The molecule has 0 amide bonds. The summed E-state index contributed by atoms with van der Waals surface area (Å²) in [6, 6.07) is 7.89. The molecule has 0 bridgehead atoms. The fourth-order valence-electron chi connectivity index (χ4n) is 1.14. The van der Waals surface area contributed by atoms with Crippen molar-refractivity contribution in [1.29, 1.82) is 0 Å². The second-order valence-electron chi connectivity index (χ2n) is 2.64. The molecule has 0 aliphatic carbocycles. The molecule has 0 radical (unpaired) electrons. The Morgan fingerprint density at radius 1 is 1.46 bits per heavy atom. The van der Waals surface area contributed by atoms with Crippen LogP contribution in [0.5, 0.6) is 0 Å². The minimum atomic E-state index is -0.120. The van der Waals surface area contributed by atoms with E-state index < -0.39 is 0 Å². The number of ether oxygens (including phenoxy) is 1. The molecule has 0 spiro atoms. The molecule has 13 heavy (non-hydrogen) atoms. The molecule has 1 atom stereocenters. The summed E-state index contributed by atoms with van der Waals surface area (Å²) in [4.78, 5) is 3.89. The van der Waals surface area contributed by atoms with Gasteiger partial charge in [0.2, 0.25) is 0 Å². The van der Waals surface area contributed by atoms with E-state index in [-0.39, 0.29) is 6.10 Å². The fraction of sp³-hybridized carbons (Fsp3) is 0.111. The summed E-state index contributed by atoms with van der Waals surface area (Å²) in [5.41, 5.74) is 1.05. The van der Waals surface area contributed by atoms with Crippen LogP contribution >= 0.6 is 28.1 Å². The Bertz CT molecular complexity index is 378. The van der Waals surface area contributed by atoms with Crippen molar-refractivity contribution >= 4 is 39.5 Å². The molecule has 0 saturated heterocycles. The van der Waals surface area contributed by atoms with Gasteiger partial charge in [0.25, 0.3) is 5.17 Å². The first-order chi connectivity index (χ1) is 6.25. The van der Waals surface area contributed by atoms with Gasteiger partial charge in [-0.1, -0.05) is 28.1 Å². The van der Waals surface area contributed by atoms with Crippen LogP contribution in [0.1, 0.15) is 11.7 Å². The molecule has 1 aromatic rings. The monoisotopic (exact) mass is 255 g/mol. The number of benzene rings is 1. The van der Waals surface area contributed by atoms with Gasteiger partial charge in [-0.05, 0) is 29.9 Å². The zero-order valence-corrected chi connectivity index (χ0v) is 9.01. The fourth-order valence-corrected chi connectivity index (χ4v) is 1.72. The summed E-state index contributed by atoms with van der Waals surface area (Å²) in [5, 5.41) is 0.310. The number of hydrogen-bond acceptors (Lipinski definition) is 2. The van der Waals surface area contributed by atoms with E-state index in [0.717, 1.165) is 10.0 Å². The highest BCUT2D eigenvalue weighted by Crippen LogP contribution is 2.23. The first-order valence-corrected chi connectivity index (χ1v) is 4.96. The predicted molar refractivity (Wildman–Crippen MR) is 59.1 cm³/mol. The summed E-state index contributed by atoms with van der Waals surface area (Å²) in [6.45, 7) is 0. The molecule has 1 aliphatic rings. The van der Waals surface area contributed by atoms with Gasteiger partial charge in [-0.15, -0.1) is 0 Å². The van der Waals surface area contributed by atoms with Gasteiger partial charge >= 0.3 is 0 Å². The Kier molecular flexibility index (Phi) is 2.42. The third-order valence-electron chi connectivity index (χ3n) is 1.72. The van der Waals surface area contributed by atoms with Crippen LogP contribution in [-0.2, 0) is 4.74 Å². The van der Waals surface area contributed by atoms with Crippen LogP contribution in [0.4, 0.5) is 0 Å². The average molecular weight is 256 g/mol. The van der Waals surface area contributed by atoms with Crippen LogP contribution in [-0.4, -0.2) is 11.4 Å². The summed E-state index contributed by atoms with van der Waals surface area (Å²) < 4.78 is 6.32. The van der Waals surface area contributed by atoms with Crippen molar-refractivity contribution in [3.63, 3.8) is 0 Å². The molecule has 2 rings (SSSR count). The lowest BCUT2D eigenvalue weighted by molar-refractivity contribution is 0.282. The zero-order chi connectivity index (χ0) is 9.26. The Morgan fingerprint density at radius 2 is 2.31 bits per heavy atom. The molecule has 1 aromatic carbocycles. The smallest absolute Gasteiger partial charge is 0.284 e. The van der Waals surface area contributed by atoms with Crippen LogP contribution in [0.2, 0.25) is 0 Å². The van der Waals surface area contributed by atoms with Crippen LogP contribution < -0.4 is 0 Å². The SMILES string of the molecule is S=C1N=CC(c2cccc(Br)c2)O1. The second kappa shape index (κ2) is 3.55. The standard InChI is InChI=1S/C9H6BrNOS/c10-7-3-1-2-6(4-7)8-5-11-9(13)12-8/h1-5,8H. The van der Waals surface area contributed by atoms with Crippen LogP contribution in [0.15, 0.2) is 33.7 Å². The van der Waals surface area contributed by atoms with Crippen molar-refractivity contribution in [2.45, 2.75) is 6.10 Å². The van der Waals surface area contributed by atoms with Gasteiger partial charge in [0.1, 0.15) is 0 Å². The molecular weight excluding hydrogens is 250 g/mol. The van der Waals surface area contributed by atoms with Gasteiger partial charge in [0, 0.05) is 4.47 Å². The molecule has 0 aromatic heterocycles. The molecular formula is C9H6BrNOS. The highest BCUT2D eigenvalue weighted by atomic mass is 79.9. The lowest BCUT2D eigenvalue weighted by Crippen LogP contribution is -2.00. The summed E-state index contributed by atoms with van der Waals surface area (Å²) in [7, 11) is 0. The Morgan fingerprint density at radius 3 is 2.92 bits per heavy atom. The average Bonchev–Trinajstić information content (AvgIpc) is 2.52. The molecule has 1 aliphatic heterocycles. The second-order valence-corrected chi connectivity index (χ2v) is 3.90. The molecule has 0 saturated carbocycles. The van der Waals surface area contributed by atoms with Gasteiger partial charge in [-0.2, -0.15) is 0 Å². The molecule has 4 heteroatoms. The van der Waals surface area contributed by atoms with Crippen LogP contribution in [0.25, 0.3) is 0 Å². The highest BCUT2D eigenvalue weighted by Gasteiger charge is 2.17.